The first kappa shape index (κ1) is 14.8. The van der Waals surface area contributed by atoms with Crippen molar-refractivity contribution in [1.82, 2.24) is 9.78 Å². The highest BCUT2D eigenvalue weighted by Crippen LogP contribution is 2.16. The van der Waals surface area contributed by atoms with E-state index < -0.39 is 5.97 Å². The zero-order valence-corrected chi connectivity index (χ0v) is 11.9. The monoisotopic (exact) mass is 286 g/mol. The molecule has 1 heterocycles. The van der Waals surface area contributed by atoms with E-state index in [2.05, 4.69) is 5.10 Å². The Labute approximate surface area is 123 Å². The van der Waals surface area contributed by atoms with Gasteiger partial charge in [-0.25, -0.2) is 4.79 Å². The number of nitrogens with zero attached hydrogens (tertiary/aromatic N) is 2. The first-order valence-electron chi connectivity index (χ1n) is 6.84. The van der Waals surface area contributed by atoms with E-state index in [1.165, 1.54) is 6.08 Å². The van der Waals surface area contributed by atoms with Crippen LogP contribution in [0.5, 0.6) is 5.88 Å². The molecule has 0 saturated carbocycles. The molecule has 0 radical (unpaired) electrons. The predicted molar refractivity (Wildman–Crippen MR) is 80.0 cm³/mol. The smallest absolute Gasteiger partial charge is 0.328 e. The molecular formula is C16H18N2O3. The van der Waals surface area contributed by atoms with E-state index in [0.717, 1.165) is 23.8 Å². The van der Waals surface area contributed by atoms with Crippen LogP contribution in [0.2, 0.25) is 0 Å². The molecule has 21 heavy (non-hydrogen) atoms. The fourth-order valence-electron chi connectivity index (χ4n) is 1.89. The molecule has 1 aromatic heterocycles. The minimum absolute atomic E-state index is 0.437. The number of aliphatic carboxylic acids is 1. The normalized spacial score (nSPS) is 10.9. The summed E-state index contributed by atoms with van der Waals surface area (Å²) in [6.07, 6.45) is 3.54. The van der Waals surface area contributed by atoms with Crippen LogP contribution in [0.3, 0.4) is 0 Å². The molecule has 0 unspecified atom stereocenters. The molecular weight excluding hydrogens is 268 g/mol. The van der Waals surface area contributed by atoms with Crippen LogP contribution in [0, 0.1) is 0 Å². The molecule has 0 aliphatic heterocycles. The second-order valence-corrected chi connectivity index (χ2v) is 4.58. The van der Waals surface area contributed by atoms with Gasteiger partial charge in [0.2, 0.25) is 5.88 Å². The molecule has 0 amide bonds. The Morgan fingerprint density at radius 1 is 1.38 bits per heavy atom. The molecule has 0 bridgehead atoms. The Balaban J connectivity index is 2.09. The van der Waals surface area contributed by atoms with E-state index in [0.29, 0.717) is 19.0 Å². The predicted octanol–water partition coefficient (Wildman–Crippen LogP) is 2.97. The van der Waals surface area contributed by atoms with Crippen molar-refractivity contribution >= 4 is 12.0 Å². The lowest BCUT2D eigenvalue weighted by atomic mass is 10.2. The van der Waals surface area contributed by atoms with Gasteiger partial charge in [-0.15, -0.1) is 5.10 Å². The molecule has 0 spiro atoms. The van der Waals surface area contributed by atoms with Gasteiger partial charge in [0, 0.05) is 18.7 Å². The van der Waals surface area contributed by atoms with Crippen LogP contribution in [-0.2, 0) is 17.9 Å². The summed E-state index contributed by atoms with van der Waals surface area (Å²) >= 11 is 0. The number of ether oxygens (including phenoxy) is 1. The molecule has 0 aliphatic rings. The maximum Gasteiger partial charge on any atom is 0.328 e. The highest BCUT2D eigenvalue weighted by molar-refractivity contribution is 5.84. The van der Waals surface area contributed by atoms with Gasteiger partial charge in [0.25, 0.3) is 0 Å². The lowest BCUT2D eigenvalue weighted by Gasteiger charge is -2.02. The van der Waals surface area contributed by atoms with E-state index in [-0.39, 0.29) is 0 Å². The van der Waals surface area contributed by atoms with E-state index in [4.69, 9.17) is 9.84 Å². The van der Waals surface area contributed by atoms with Gasteiger partial charge in [-0.3, -0.25) is 4.68 Å². The first-order chi connectivity index (χ1) is 10.2. The maximum absolute atomic E-state index is 10.6. The number of hydrogen-bond donors (Lipinski definition) is 1. The van der Waals surface area contributed by atoms with Crippen LogP contribution in [0.15, 0.2) is 42.5 Å². The van der Waals surface area contributed by atoms with E-state index in [9.17, 15) is 4.79 Å². The van der Waals surface area contributed by atoms with Crippen molar-refractivity contribution in [2.75, 3.05) is 0 Å². The maximum atomic E-state index is 10.6. The van der Waals surface area contributed by atoms with Gasteiger partial charge in [0.05, 0.1) is 5.69 Å². The topological polar surface area (TPSA) is 64.4 Å². The molecule has 2 aromatic rings. The third-order valence-electron chi connectivity index (χ3n) is 2.85. The van der Waals surface area contributed by atoms with Gasteiger partial charge >= 0.3 is 5.97 Å². The molecule has 110 valence electrons. The summed E-state index contributed by atoms with van der Waals surface area (Å²) < 4.78 is 7.40. The Morgan fingerprint density at radius 3 is 2.81 bits per heavy atom. The summed E-state index contributed by atoms with van der Waals surface area (Å²) in [5.41, 5.74) is 1.78. The lowest BCUT2D eigenvalue weighted by Crippen LogP contribution is -2.02. The van der Waals surface area contributed by atoms with Crippen LogP contribution in [0.25, 0.3) is 6.08 Å². The summed E-state index contributed by atoms with van der Waals surface area (Å²) in [5.74, 6) is -0.483. The summed E-state index contributed by atoms with van der Waals surface area (Å²) in [6, 6.07) is 11.6. The van der Waals surface area contributed by atoms with Gasteiger partial charge in [-0.05, 0) is 18.1 Å². The van der Waals surface area contributed by atoms with Crippen molar-refractivity contribution in [3.63, 3.8) is 0 Å². The fraction of sp³-hybridized carbons (Fsp3) is 0.250. The van der Waals surface area contributed by atoms with Crippen molar-refractivity contribution in [3.8, 4) is 5.88 Å². The van der Waals surface area contributed by atoms with Gasteiger partial charge in [-0.2, -0.15) is 0 Å². The van der Waals surface area contributed by atoms with Crippen LogP contribution >= 0.6 is 0 Å². The number of carbonyl (C=O) groups is 1. The largest absolute Gasteiger partial charge is 0.478 e. The van der Waals surface area contributed by atoms with Crippen molar-refractivity contribution in [3.05, 3.63) is 53.7 Å². The third-order valence-corrected chi connectivity index (χ3v) is 2.85. The second kappa shape index (κ2) is 7.28. The number of hydrogen-bond acceptors (Lipinski definition) is 3. The molecule has 0 aliphatic carbocycles. The highest BCUT2D eigenvalue weighted by Gasteiger charge is 2.06. The zero-order chi connectivity index (χ0) is 15.1. The highest BCUT2D eigenvalue weighted by atomic mass is 16.5. The Hall–Kier alpha value is -2.56. The SMILES string of the molecule is CCCn1nc(OCc2ccccc2)cc1C=CC(=O)O. The van der Waals surface area contributed by atoms with Crippen molar-refractivity contribution in [2.45, 2.75) is 26.5 Å². The van der Waals surface area contributed by atoms with E-state index >= 15 is 0 Å². The molecule has 0 fully saturated rings. The molecule has 5 heteroatoms. The average molecular weight is 286 g/mol. The number of carboxylic acid groups (broad SMARTS) is 1. The van der Waals surface area contributed by atoms with Crippen molar-refractivity contribution < 1.29 is 14.6 Å². The molecule has 1 N–H and O–H groups in total. The number of aryl methyl sites for hydroxylation is 1. The van der Waals surface area contributed by atoms with Gasteiger partial charge in [0.15, 0.2) is 0 Å². The quantitative estimate of drug-likeness (QED) is 0.795. The summed E-state index contributed by atoms with van der Waals surface area (Å²) in [5, 5.41) is 13.0. The number of carboxylic acids is 1. The van der Waals surface area contributed by atoms with Gasteiger partial charge in [0.1, 0.15) is 6.61 Å². The second-order valence-electron chi connectivity index (χ2n) is 4.58. The minimum atomic E-state index is -0.981. The Morgan fingerprint density at radius 2 is 2.14 bits per heavy atom. The van der Waals surface area contributed by atoms with Crippen LogP contribution in [0.4, 0.5) is 0 Å². The molecule has 0 saturated heterocycles. The lowest BCUT2D eigenvalue weighted by molar-refractivity contribution is -0.131. The summed E-state index contributed by atoms with van der Waals surface area (Å²) in [6.45, 7) is 3.19. The standard InChI is InChI=1S/C16H18N2O3/c1-2-10-18-14(8-9-16(19)20)11-15(17-18)21-12-13-6-4-3-5-7-13/h3-9,11H,2,10,12H2,1H3,(H,19,20). The molecule has 1 aromatic carbocycles. The molecule has 5 nitrogen and oxygen atoms in total. The third kappa shape index (κ3) is 4.49. The fourth-order valence-corrected chi connectivity index (χ4v) is 1.89. The average Bonchev–Trinajstić information content (AvgIpc) is 2.87. The number of rotatable bonds is 7. The zero-order valence-electron chi connectivity index (χ0n) is 11.9. The first-order valence-corrected chi connectivity index (χ1v) is 6.84. The number of aromatic nitrogens is 2. The Bertz CT molecular complexity index is 618. The minimum Gasteiger partial charge on any atom is -0.478 e. The van der Waals surface area contributed by atoms with Crippen molar-refractivity contribution in [1.29, 1.82) is 0 Å². The van der Waals surface area contributed by atoms with Crippen LogP contribution in [-0.4, -0.2) is 20.9 Å². The Kier molecular flexibility index (Phi) is 5.15. The van der Waals surface area contributed by atoms with E-state index in [1.54, 1.807) is 10.7 Å². The van der Waals surface area contributed by atoms with Crippen molar-refractivity contribution in [2.24, 2.45) is 0 Å². The summed E-state index contributed by atoms with van der Waals surface area (Å²) in [7, 11) is 0. The van der Waals surface area contributed by atoms with Gasteiger partial charge in [-0.1, -0.05) is 37.3 Å². The molecule has 0 atom stereocenters. The van der Waals surface area contributed by atoms with Crippen LogP contribution < -0.4 is 4.74 Å². The van der Waals surface area contributed by atoms with E-state index in [1.807, 2.05) is 37.3 Å². The number of benzene rings is 1. The van der Waals surface area contributed by atoms with Gasteiger partial charge < -0.3 is 9.84 Å². The van der Waals surface area contributed by atoms with Crippen LogP contribution in [0.1, 0.15) is 24.6 Å². The molecule has 2 rings (SSSR count). The summed E-state index contributed by atoms with van der Waals surface area (Å²) in [4.78, 5) is 10.6.